The number of hydrogen-bond acceptors (Lipinski definition) is 3. The predicted molar refractivity (Wildman–Crippen MR) is 94.3 cm³/mol. The molecule has 1 aromatic rings. The number of rotatable bonds is 6. The summed E-state index contributed by atoms with van der Waals surface area (Å²) in [6.07, 6.45) is 4.03. The first-order chi connectivity index (χ1) is 11.3. The van der Waals surface area contributed by atoms with Crippen LogP contribution in [0.4, 0.5) is 0 Å². The molecular formula is C18H27N5. The van der Waals surface area contributed by atoms with E-state index in [1.807, 2.05) is 24.3 Å². The first-order valence-electron chi connectivity index (χ1n) is 8.55. The van der Waals surface area contributed by atoms with E-state index in [9.17, 15) is 0 Å². The van der Waals surface area contributed by atoms with E-state index in [2.05, 4.69) is 33.5 Å². The molecule has 23 heavy (non-hydrogen) atoms. The molecule has 0 atom stereocenters. The molecule has 0 bridgehead atoms. The number of hydrogen-bond donors (Lipinski definition) is 2. The smallest absolute Gasteiger partial charge is 0.191 e. The molecule has 5 heteroatoms. The number of likely N-dealkylation sites (tertiary alicyclic amines) is 1. The maximum absolute atomic E-state index is 8.82. The minimum atomic E-state index is 0.616. The average molecular weight is 313 g/mol. The van der Waals surface area contributed by atoms with Gasteiger partial charge in [-0.3, -0.25) is 0 Å². The Hall–Kier alpha value is -2.06. The molecule has 0 saturated carbocycles. The van der Waals surface area contributed by atoms with Crippen molar-refractivity contribution in [3.63, 3.8) is 0 Å². The van der Waals surface area contributed by atoms with Crippen LogP contribution in [-0.2, 0) is 6.54 Å². The van der Waals surface area contributed by atoms with Crippen molar-refractivity contribution in [2.45, 2.75) is 32.7 Å². The molecule has 0 spiro atoms. The van der Waals surface area contributed by atoms with Crippen LogP contribution in [0.5, 0.6) is 0 Å². The van der Waals surface area contributed by atoms with E-state index in [1.54, 1.807) is 0 Å². The zero-order valence-electron chi connectivity index (χ0n) is 14.0. The van der Waals surface area contributed by atoms with Gasteiger partial charge in [0.15, 0.2) is 5.96 Å². The molecule has 1 aliphatic heterocycles. The van der Waals surface area contributed by atoms with E-state index in [4.69, 9.17) is 5.26 Å². The summed E-state index contributed by atoms with van der Waals surface area (Å²) in [5.41, 5.74) is 1.79. The normalized spacial score (nSPS) is 15.9. The topological polar surface area (TPSA) is 63.5 Å². The molecule has 0 amide bonds. The number of nitrogens with zero attached hydrogens (tertiary/aromatic N) is 3. The van der Waals surface area contributed by atoms with Gasteiger partial charge in [-0.15, -0.1) is 0 Å². The highest BCUT2D eigenvalue weighted by atomic mass is 15.2. The molecule has 1 aliphatic rings. The van der Waals surface area contributed by atoms with Crippen molar-refractivity contribution in [1.29, 1.82) is 5.26 Å². The number of nitrogens with one attached hydrogen (secondary N) is 2. The molecule has 124 valence electrons. The van der Waals surface area contributed by atoms with Gasteiger partial charge in [-0.25, -0.2) is 4.99 Å². The third-order valence-electron chi connectivity index (χ3n) is 4.02. The molecule has 2 rings (SSSR count). The maximum atomic E-state index is 8.82. The second-order valence-corrected chi connectivity index (χ2v) is 5.83. The van der Waals surface area contributed by atoms with Crippen LogP contribution in [0, 0.1) is 11.3 Å². The Balaban J connectivity index is 1.80. The van der Waals surface area contributed by atoms with Crippen molar-refractivity contribution in [2.75, 3.05) is 32.7 Å². The highest BCUT2D eigenvalue weighted by Crippen LogP contribution is 2.07. The summed E-state index contributed by atoms with van der Waals surface area (Å²) in [6, 6.07) is 9.72. The number of piperidine rings is 1. The van der Waals surface area contributed by atoms with Gasteiger partial charge in [0.25, 0.3) is 0 Å². The number of guanidine groups is 1. The van der Waals surface area contributed by atoms with Crippen molar-refractivity contribution in [3.05, 3.63) is 35.4 Å². The van der Waals surface area contributed by atoms with E-state index in [-0.39, 0.29) is 0 Å². The van der Waals surface area contributed by atoms with Gasteiger partial charge in [0, 0.05) is 19.6 Å². The summed E-state index contributed by atoms with van der Waals surface area (Å²) < 4.78 is 0. The summed E-state index contributed by atoms with van der Waals surface area (Å²) in [7, 11) is 0. The zero-order chi connectivity index (χ0) is 16.3. The quantitative estimate of drug-likeness (QED) is 0.623. The lowest BCUT2D eigenvalue weighted by Gasteiger charge is -2.26. The van der Waals surface area contributed by atoms with E-state index in [0.29, 0.717) is 12.1 Å². The largest absolute Gasteiger partial charge is 0.357 e. The zero-order valence-corrected chi connectivity index (χ0v) is 14.0. The van der Waals surface area contributed by atoms with Gasteiger partial charge in [0.1, 0.15) is 0 Å². The van der Waals surface area contributed by atoms with Crippen molar-refractivity contribution in [2.24, 2.45) is 4.99 Å². The summed E-state index contributed by atoms with van der Waals surface area (Å²) in [5, 5.41) is 15.5. The molecule has 2 N–H and O–H groups in total. The fourth-order valence-electron chi connectivity index (χ4n) is 2.71. The Kier molecular flexibility index (Phi) is 7.41. The van der Waals surface area contributed by atoms with Crippen LogP contribution in [0.15, 0.2) is 29.3 Å². The standard InChI is InChI=1S/C18H27N5/c1-2-20-18(21-10-13-23-11-4-3-5-12-23)22-15-17-8-6-16(14-19)7-9-17/h6-9H,2-5,10-13,15H2,1H3,(H2,20,21,22). The third kappa shape index (κ3) is 6.29. The van der Waals surface area contributed by atoms with Gasteiger partial charge in [-0.05, 0) is 50.6 Å². The van der Waals surface area contributed by atoms with Gasteiger partial charge < -0.3 is 15.5 Å². The molecule has 1 aromatic carbocycles. The summed E-state index contributed by atoms with van der Waals surface area (Å²) in [5.74, 6) is 0.855. The molecule has 0 aromatic heterocycles. The van der Waals surface area contributed by atoms with Crippen LogP contribution >= 0.6 is 0 Å². The lowest BCUT2D eigenvalue weighted by Crippen LogP contribution is -2.42. The first kappa shape index (κ1) is 17.3. The van der Waals surface area contributed by atoms with Gasteiger partial charge in [0.2, 0.25) is 0 Å². The minimum Gasteiger partial charge on any atom is -0.357 e. The fraction of sp³-hybridized carbons (Fsp3) is 0.556. The van der Waals surface area contributed by atoms with E-state index in [0.717, 1.165) is 31.2 Å². The maximum Gasteiger partial charge on any atom is 0.191 e. The number of benzene rings is 1. The van der Waals surface area contributed by atoms with Gasteiger partial charge in [-0.1, -0.05) is 18.6 Å². The van der Waals surface area contributed by atoms with Crippen LogP contribution in [0.3, 0.4) is 0 Å². The molecule has 1 heterocycles. The second-order valence-electron chi connectivity index (χ2n) is 5.83. The Morgan fingerprint density at radius 3 is 2.57 bits per heavy atom. The van der Waals surface area contributed by atoms with Gasteiger partial charge >= 0.3 is 0 Å². The van der Waals surface area contributed by atoms with Crippen LogP contribution in [0.1, 0.15) is 37.3 Å². The lowest BCUT2D eigenvalue weighted by molar-refractivity contribution is 0.232. The molecule has 5 nitrogen and oxygen atoms in total. The number of nitriles is 1. The molecule has 0 unspecified atom stereocenters. The van der Waals surface area contributed by atoms with Crippen molar-refractivity contribution < 1.29 is 0 Å². The lowest BCUT2D eigenvalue weighted by atomic mass is 10.1. The SMILES string of the molecule is CCNC(=NCc1ccc(C#N)cc1)NCCN1CCCCC1. The summed E-state index contributed by atoms with van der Waals surface area (Å²) >= 11 is 0. The second kappa shape index (κ2) is 9.86. The minimum absolute atomic E-state index is 0.616. The Bertz CT molecular complexity index is 523. The summed E-state index contributed by atoms with van der Waals surface area (Å²) in [6.45, 7) is 7.97. The van der Waals surface area contributed by atoms with Crippen molar-refractivity contribution >= 4 is 5.96 Å². The Morgan fingerprint density at radius 2 is 1.91 bits per heavy atom. The molecule has 0 radical (unpaired) electrons. The molecular weight excluding hydrogens is 286 g/mol. The molecule has 0 aliphatic carbocycles. The van der Waals surface area contributed by atoms with E-state index in [1.165, 1.54) is 32.4 Å². The molecule has 1 saturated heterocycles. The van der Waals surface area contributed by atoms with Crippen LogP contribution in [0.2, 0.25) is 0 Å². The highest BCUT2D eigenvalue weighted by molar-refractivity contribution is 5.79. The highest BCUT2D eigenvalue weighted by Gasteiger charge is 2.09. The van der Waals surface area contributed by atoms with Gasteiger partial charge in [-0.2, -0.15) is 5.26 Å². The predicted octanol–water partition coefficient (Wildman–Crippen LogP) is 2.10. The summed E-state index contributed by atoms with van der Waals surface area (Å²) in [4.78, 5) is 7.13. The van der Waals surface area contributed by atoms with E-state index >= 15 is 0 Å². The Labute approximate surface area is 139 Å². The monoisotopic (exact) mass is 313 g/mol. The Morgan fingerprint density at radius 1 is 1.17 bits per heavy atom. The van der Waals surface area contributed by atoms with Crippen molar-refractivity contribution in [3.8, 4) is 6.07 Å². The first-order valence-corrected chi connectivity index (χ1v) is 8.55. The third-order valence-corrected chi connectivity index (χ3v) is 4.02. The van der Waals surface area contributed by atoms with E-state index < -0.39 is 0 Å². The van der Waals surface area contributed by atoms with Crippen LogP contribution in [-0.4, -0.2) is 43.6 Å². The van der Waals surface area contributed by atoms with Crippen molar-refractivity contribution in [1.82, 2.24) is 15.5 Å². The number of aliphatic imine (C=N–C) groups is 1. The van der Waals surface area contributed by atoms with Crippen LogP contribution in [0.25, 0.3) is 0 Å². The van der Waals surface area contributed by atoms with Crippen LogP contribution < -0.4 is 10.6 Å². The molecule has 1 fully saturated rings. The van der Waals surface area contributed by atoms with Gasteiger partial charge in [0.05, 0.1) is 18.2 Å². The fourth-order valence-corrected chi connectivity index (χ4v) is 2.71. The average Bonchev–Trinajstić information content (AvgIpc) is 2.61.